The number of hydrogen-bond acceptors (Lipinski definition) is 4. The topological polar surface area (TPSA) is 93.3 Å². The summed E-state index contributed by atoms with van der Waals surface area (Å²) in [5.41, 5.74) is 5.81. The average Bonchev–Trinajstić information content (AvgIpc) is 2.29. The Hall–Kier alpha value is -1.75. The zero-order valence-electron chi connectivity index (χ0n) is 9.67. The average molecular weight is 236 g/mol. The quantitative estimate of drug-likeness (QED) is 0.721. The maximum Gasteiger partial charge on any atom is 0.320 e. The number of rotatable bonds is 6. The van der Waals surface area contributed by atoms with E-state index in [1.54, 1.807) is 24.4 Å². The summed E-state index contributed by atoms with van der Waals surface area (Å²) < 4.78 is 0. The highest BCUT2D eigenvalue weighted by molar-refractivity contribution is 5.94. The van der Waals surface area contributed by atoms with E-state index in [0.717, 1.165) is 0 Å². The minimum absolute atomic E-state index is 0.0735. The van der Waals surface area contributed by atoms with Gasteiger partial charge in [-0.3, -0.25) is 14.6 Å². The van der Waals surface area contributed by atoms with Crippen LogP contribution in [0.4, 0.5) is 0 Å². The molecule has 5 nitrogen and oxygen atoms in total. The first kappa shape index (κ1) is 13.3. The van der Waals surface area contributed by atoms with Crippen LogP contribution in [0.1, 0.15) is 30.3 Å². The Kier molecular flexibility index (Phi) is 4.78. The van der Waals surface area contributed by atoms with E-state index in [1.165, 1.54) is 0 Å². The molecule has 0 fully saturated rings. The van der Waals surface area contributed by atoms with Crippen LogP contribution < -0.4 is 5.73 Å². The smallest absolute Gasteiger partial charge is 0.320 e. The Bertz CT molecular complexity index is 392. The van der Waals surface area contributed by atoms with E-state index in [-0.39, 0.29) is 24.5 Å². The summed E-state index contributed by atoms with van der Waals surface area (Å²) in [4.78, 5) is 26.3. The molecule has 0 aliphatic carbocycles. The largest absolute Gasteiger partial charge is 0.480 e. The van der Waals surface area contributed by atoms with Crippen molar-refractivity contribution in [2.45, 2.75) is 25.8 Å². The lowest BCUT2D eigenvalue weighted by molar-refractivity contribution is -0.138. The van der Waals surface area contributed by atoms with Crippen LogP contribution in [0.15, 0.2) is 24.4 Å². The number of carboxylic acid groups (broad SMARTS) is 1. The number of ketones is 1. The van der Waals surface area contributed by atoms with Crippen molar-refractivity contribution in [3.8, 4) is 0 Å². The number of hydrogen-bond donors (Lipinski definition) is 2. The second-order valence-corrected chi connectivity index (χ2v) is 4.13. The molecule has 1 heterocycles. The molecule has 0 amide bonds. The van der Waals surface area contributed by atoms with Gasteiger partial charge in [-0.1, -0.05) is 13.0 Å². The van der Waals surface area contributed by atoms with E-state index < -0.39 is 12.0 Å². The van der Waals surface area contributed by atoms with E-state index in [9.17, 15) is 9.59 Å². The van der Waals surface area contributed by atoms with E-state index in [2.05, 4.69) is 4.98 Å². The molecule has 92 valence electrons. The summed E-state index contributed by atoms with van der Waals surface area (Å²) in [6.45, 7) is 1.81. The number of nitrogens with zero attached hydrogens (tertiary/aromatic N) is 1. The Morgan fingerprint density at radius 2 is 2.18 bits per heavy atom. The minimum atomic E-state index is -1.04. The predicted octanol–water partition coefficient (Wildman–Crippen LogP) is 1.09. The third-order valence-electron chi connectivity index (χ3n) is 2.46. The second kappa shape index (κ2) is 6.10. The Morgan fingerprint density at radius 1 is 1.47 bits per heavy atom. The van der Waals surface area contributed by atoms with Crippen molar-refractivity contribution < 1.29 is 14.7 Å². The van der Waals surface area contributed by atoms with Gasteiger partial charge in [0.25, 0.3) is 0 Å². The fourth-order valence-electron chi connectivity index (χ4n) is 1.57. The molecule has 1 aromatic rings. The first-order valence-electron chi connectivity index (χ1n) is 5.43. The maximum atomic E-state index is 11.8. The number of carbonyl (C=O) groups excluding carboxylic acids is 1. The molecule has 0 radical (unpaired) electrons. The maximum absolute atomic E-state index is 11.8. The lowest BCUT2D eigenvalue weighted by Crippen LogP contribution is -2.32. The molecule has 0 aliphatic rings. The van der Waals surface area contributed by atoms with Crippen LogP contribution in [-0.2, 0) is 4.79 Å². The molecular formula is C12H16N2O3. The number of nitrogens with two attached hydrogens (primary N) is 1. The Morgan fingerprint density at radius 3 is 2.71 bits per heavy atom. The normalized spacial score (nSPS) is 14.0. The number of aromatic nitrogens is 1. The second-order valence-electron chi connectivity index (χ2n) is 4.13. The standard InChI is InChI=1S/C12H16N2O3/c1-8(6-9(13)12(16)17)7-11(15)10-4-2-3-5-14-10/h2-5,8-9H,6-7,13H2,1H3,(H,16,17)/t8?,9-/m0/s1. The van der Waals surface area contributed by atoms with Gasteiger partial charge in [0.15, 0.2) is 5.78 Å². The molecule has 0 spiro atoms. The fraction of sp³-hybridized carbons (Fsp3) is 0.417. The molecule has 3 N–H and O–H groups in total. The number of carbonyl (C=O) groups is 2. The van der Waals surface area contributed by atoms with E-state index >= 15 is 0 Å². The molecule has 0 saturated heterocycles. The molecule has 0 bridgehead atoms. The van der Waals surface area contributed by atoms with Gasteiger partial charge in [-0.25, -0.2) is 0 Å². The minimum Gasteiger partial charge on any atom is -0.480 e. The highest BCUT2D eigenvalue weighted by Gasteiger charge is 2.18. The molecule has 1 aromatic heterocycles. The summed E-state index contributed by atoms with van der Waals surface area (Å²) in [5, 5.41) is 8.66. The number of Topliss-reactive ketones (excluding diaryl/α,β-unsaturated/α-hetero) is 1. The van der Waals surface area contributed by atoms with Crippen molar-refractivity contribution in [3.63, 3.8) is 0 Å². The van der Waals surface area contributed by atoms with Gasteiger partial charge in [-0.15, -0.1) is 0 Å². The van der Waals surface area contributed by atoms with Gasteiger partial charge in [-0.05, 0) is 24.5 Å². The van der Waals surface area contributed by atoms with Gasteiger partial charge in [0.05, 0.1) is 0 Å². The first-order valence-corrected chi connectivity index (χ1v) is 5.43. The van der Waals surface area contributed by atoms with Crippen molar-refractivity contribution >= 4 is 11.8 Å². The fourth-order valence-corrected chi connectivity index (χ4v) is 1.57. The number of pyridine rings is 1. The zero-order chi connectivity index (χ0) is 12.8. The number of aliphatic carboxylic acids is 1. The summed E-state index contributed by atoms with van der Waals surface area (Å²) in [5.74, 6) is -1.20. The lowest BCUT2D eigenvalue weighted by atomic mass is 9.95. The van der Waals surface area contributed by atoms with Crippen molar-refractivity contribution in [3.05, 3.63) is 30.1 Å². The lowest BCUT2D eigenvalue weighted by Gasteiger charge is -2.12. The molecule has 1 unspecified atom stereocenters. The molecule has 1 rings (SSSR count). The molecule has 17 heavy (non-hydrogen) atoms. The van der Waals surface area contributed by atoms with Crippen LogP contribution in [-0.4, -0.2) is 27.9 Å². The van der Waals surface area contributed by atoms with E-state index in [0.29, 0.717) is 5.69 Å². The predicted molar refractivity (Wildman–Crippen MR) is 62.6 cm³/mol. The van der Waals surface area contributed by atoms with E-state index in [1.807, 2.05) is 6.92 Å². The summed E-state index contributed by atoms with van der Waals surface area (Å²) in [6.07, 6.45) is 2.10. The van der Waals surface area contributed by atoms with Gasteiger partial charge in [0, 0.05) is 12.6 Å². The highest BCUT2D eigenvalue weighted by Crippen LogP contribution is 2.13. The van der Waals surface area contributed by atoms with Crippen LogP contribution in [0, 0.1) is 5.92 Å². The van der Waals surface area contributed by atoms with Gasteiger partial charge in [0.1, 0.15) is 11.7 Å². The summed E-state index contributed by atoms with van der Waals surface area (Å²) in [6, 6.07) is 4.21. The molecule has 2 atom stereocenters. The van der Waals surface area contributed by atoms with Crippen molar-refractivity contribution in [1.29, 1.82) is 0 Å². The highest BCUT2D eigenvalue weighted by atomic mass is 16.4. The van der Waals surface area contributed by atoms with Crippen molar-refractivity contribution in [2.75, 3.05) is 0 Å². The molecular weight excluding hydrogens is 220 g/mol. The van der Waals surface area contributed by atoms with Gasteiger partial charge < -0.3 is 10.8 Å². The van der Waals surface area contributed by atoms with Crippen molar-refractivity contribution in [1.82, 2.24) is 4.98 Å². The molecule has 0 saturated carbocycles. The third kappa shape index (κ3) is 4.32. The van der Waals surface area contributed by atoms with Crippen LogP contribution in [0.2, 0.25) is 0 Å². The Balaban J connectivity index is 2.49. The van der Waals surface area contributed by atoms with Gasteiger partial charge in [-0.2, -0.15) is 0 Å². The molecule has 0 aromatic carbocycles. The third-order valence-corrected chi connectivity index (χ3v) is 2.46. The number of carboxylic acids is 1. The van der Waals surface area contributed by atoms with Crippen LogP contribution in [0.3, 0.4) is 0 Å². The van der Waals surface area contributed by atoms with Crippen LogP contribution in [0.25, 0.3) is 0 Å². The molecule has 5 heteroatoms. The van der Waals surface area contributed by atoms with Gasteiger partial charge >= 0.3 is 5.97 Å². The van der Waals surface area contributed by atoms with Crippen LogP contribution in [0.5, 0.6) is 0 Å². The van der Waals surface area contributed by atoms with Crippen LogP contribution >= 0.6 is 0 Å². The monoisotopic (exact) mass is 236 g/mol. The Labute approximate surface area is 99.7 Å². The first-order chi connectivity index (χ1) is 8.00. The summed E-state index contributed by atoms with van der Waals surface area (Å²) in [7, 11) is 0. The van der Waals surface area contributed by atoms with Gasteiger partial charge in [0.2, 0.25) is 0 Å². The summed E-state index contributed by atoms with van der Waals surface area (Å²) >= 11 is 0. The molecule has 0 aliphatic heterocycles. The zero-order valence-corrected chi connectivity index (χ0v) is 9.67. The SMILES string of the molecule is CC(CC(=O)c1ccccn1)C[C@H](N)C(=O)O. The van der Waals surface area contributed by atoms with Crippen molar-refractivity contribution in [2.24, 2.45) is 11.7 Å². The van der Waals surface area contributed by atoms with E-state index in [4.69, 9.17) is 10.8 Å².